The second-order valence-electron chi connectivity index (χ2n) is 3.68. The van der Waals surface area contributed by atoms with E-state index in [2.05, 4.69) is 0 Å². The Kier molecular flexibility index (Phi) is 2.85. The maximum Gasteiger partial charge on any atom is 0.348 e. The first-order valence-electron chi connectivity index (χ1n) is 4.88. The van der Waals surface area contributed by atoms with Crippen LogP contribution in [0.1, 0.15) is 15.2 Å². The van der Waals surface area contributed by atoms with Crippen LogP contribution < -0.4 is 5.73 Å². The van der Waals surface area contributed by atoms with Gasteiger partial charge in [-0.3, -0.25) is 0 Å². The van der Waals surface area contributed by atoms with Crippen molar-refractivity contribution in [2.45, 2.75) is 6.92 Å². The molecular formula is C12H10FNO2S. The molecule has 1 aromatic carbocycles. The summed E-state index contributed by atoms with van der Waals surface area (Å²) in [5.74, 6) is -1.47. The first-order valence-corrected chi connectivity index (χ1v) is 5.70. The summed E-state index contributed by atoms with van der Waals surface area (Å²) in [5, 5.41) is 8.89. The van der Waals surface area contributed by atoms with E-state index in [1.54, 1.807) is 12.1 Å². The van der Waals surface area contributed by atoms with E-state index in [9.17, 15) is 9.18 Å². The molecule has 0 unspecified atom stereocenters. The molecule has 88 valence electrons. The van der Waals surface area contributed by atoms with Gasteiger partial charge in [0.25, 0.3) is 0 Å². The fourth-order valence-corrected chi connectivity index (χ4v) is 2.47. The van der Waals surface area contributed by atoms with Crippen LogP contribution in [0.4, 0.5) is 10.1 Å². The number of carboxylic acids is 1. The van der Waals surface area contributed by atoms with Crippen molar-refractivity contribution >= 4 is 23.0 Å². The van der Waals surface area contributed by atoms with E-state index >= 15 is 0 Å². The number of hydrogen-bond donors (Lipinski definition) is 2. The lowest BCUT2D eigenvalue weighted by atomic mass is 10.1. The lowest BCUT2D eigenvalue weighted by Gasteiger charge is -2.01. The molecule has 0 aliphatic carbocycles. The van der Waals surface area contributed by atoms with E-state index in [4.69, 9.17) is 10.8 Å². The minimum absolute atomic E-state index is 0.0425. The van der Waals surface area contributed by atoms with Gasteiger partial charge in [-0.25, -0.2) is 9.18 Å². The van der Waals surface area contributed by atoms with E-state index in [0.29, 0.717) is 10.4 Å². The van der Waals surface area contributed by atoms with Crippen LogP contribution in [0.25, 0.3) is 10.4 Å². The van der Waals surface area contributed by atoms with E-state index in [1.807, 2.05) is 6.92 Å². The van der Waals surface area contributed by atoms with E-state index in [0.717, 1.165) is 16.9 Å². The number of nitrogen functional groups attached to an aromatic ring is 1. The zero-order valence-electron chi connectivity index (χ0n) is 9.03. The first kappa shape index (κ1) is 11.6. The van der Waals surface area contributed by atoms with Gasteiger partial charge < -0.3 is 10.8 Å². The standard InChI is InChI=1S/C12H10FNO2S/c1-6-2-3-8(13)7(4-6)10-5-9(14)11(17-10)12(15)16/h2-5H,14H2,1H3,(H,15,16). The summed E-state index contributed by atoms with van der Waals surface area (Å²) in [7, 11) is 0. The molecule has 1 aromatic heterocycles. The Morgan fingerprint density at radius 2 is 2.12 bits per heavy atom. The molecule has 0 fully saturated rings. The number of carbonyl (C=O) groups is 1. The SMILES string of the molecule is Cc1ccc(F)c(-c2cc(N)c(C(=O)O)s2)c1. The Morgan fingerprint density at radius 3 is 2.71 bits per heavy atom. The number of aromatic carboxylic acids is 1. The lowest BCUT2D eigenvalue weighted by Crippen LogP contribution is -1.96. The van der Waals surface area contributed by atoms with Crippen LogP contribution in [-0.2, 0) is 0 Å². The topological polar surface area (TPSA) is 63.3 Å². The Morgan fingerprint density at radius 1 is 1.41 bits per heavy atom. The van der Waals surface area contributed by atoms with Crippen molar-refractivity contribution in [2.75, 3.05) is 5.73 Å². The molecule has 3 N–H and O–H groups in total. The van der Waals surface area contributed by atoms with E-state index in [-0.39, 0.29) is 16.4 Å². The molecule has 1 heterocycles. The van der Waals surface area contributed by atoms with Crippen molar-refractivity contribution in [2.24, 2.45) is 0 Å². The summed E-state index contributed by atoms with van der Waals surface area (Å²) in [6.45, 7) is 1.85. The summed E-state index contributed by atoms with van der Waals surface area (Å²) < 4.78 is 13.6. The second kappa shape index (κ2) is 4.18. The van der Waals surface area contributed by atoms with Crippen LogP contribution in [0, 0.1) is 12.7 Å². The zero-order valence-corrected chi connectivity index (χ0v) is 9.84. The molecule has 0 radical (unpaired) electrons. The van der Waals surface area contributed by atoms with Crippen LogP contribution in [-0.4, -0.2) is 11.1 Å². The summed E-state index contributed by atoms with van der Waals surface area (Å²) in [6.07, 6.45) is 0. The average Bonchev–Trinajstić information content (AvgIpc) is 2.64. The number of hydrogen-bond acceptors (Lipinski definition) is 3. The summed E-state index contributed by atoms with van der Waals surface area (Å²) in [5.41, 5.74) is 7.03. The third kappa shape index (κ3) is 2.14. The van der Waals surface area contributed by atoms with E-state index in [1.165, 1.54) is 12.1 Å². The first-order chi connectivity index (χ1) is 7.99. The molecule has 5 heteroatoms. The number of benzene rings is 1. The summed E-state index contributed by atoms with van der Waals surface area (Å²) in [4.78, 5) is 11.4. The molecule has 3 nitrogen and oxygen atoms in total. The normalized spacial score (nSPS) is 10.5. The van der Waals surface area contributed by atoms with Gasteiger partial charge in [0.15, 0.2) is 0 Å². The highest BCUT2D eigenvalue weighted by Gasteiger charge is 2.16. The molecule has 0 bridgehead atoms. The fraction of sp³-hybridized carbons (Fsp3) is 0.0833. The molecule has 0 atom stereocenters. The molecule has 17 heavy (non-hydrogen) atoms. The second-order valence-corrected chi connectivity index (χ2v) is 4.74. The van der Waals surface area contributed by atoms with Crippen molar-refractivity contribution in [3.8, 4) is 10.4 Å². The van der Waals surface area contributed by atoms with Crippen molar-refractivity contribution in [1.82, 2.24) is 0 Å². The van der Waals surface area contributed by atoms with Gasteiger partial charge in [-0.15, -0.1) is 11.3 Å². The molecule has 0 aliphatic rings. The van der Waals surface area contributed by atoms with Gasteiger partial charge in [0.2, 0.25) is 0 Å². The smallest absolute Gasteiger partial charge is 0.348 e. The minimum Gasteiger partial charge on any atom is -0.477 e. The maximum absolute atomic E-state index is 13.6. The average molecular weight is 251 g/mol. The van der Waals surface area contributed by atoms with Crippen molar-refractivity contribution in [3.63, 3.8) is 0 Å². The van der Waals surface area contributed by atoms with E-state index < -0.39 is 5.97 Å². The van der Waals surface area contributed by atoms with Crippen molar-refractivity contribution < 1.29 is 14.3 Å². The van der Waals surface area contributed by atoms with Gasteiger partial charge in [-0.1, -0.05) is 11.6 Å². The number of aryl methyl sites for hydroxylation is 1. The van der Waals surface area contributed by atoms with Gasteiger partial charge in [-0.2, -0.15) is 0 Å². The molecule has 0 saturated heterocycles. The number of thiophene rings is 1. The summed E-state index contributed by atoms with van der Waals surface area (Å²) >= 11 is 0.979. The molecule has 0 aliphatic heterocycles. The fourth-order valence-electron chi connectivity index (χ4n) is 1.53. The lowest BCUT2D eigenvalue weighted by molar-refractivity contribution is 0.0703. The van der Waals surface area contributed by atoms with Crippen LogP contribution >= 0.6 is 11.3 Å². The van der Waals surface area contributed by atoms with Crippen molar-refractivity contribution in [1.29, 1.82) is 0 Å². The number of rotatable bonds is 2. The Hall–Kier alpha value is -1.88. The van der Waals surface area contributed by atoms with Crippen LogP contribution in [0.5, 0.6) is 0 Å². The van der Waals surface area contributed by atoms with Gasteiger partial charge in [0.05, 0.1) is 5.69 Å². The summed E-state index contributed by atoms with van der Waals surface area (Å²) in [6, 6.07) is 6.19. The highest BCUT2D eigenvalue weighted by atomic mass is 32.1. The van der Waals surface area contributed by atoms with Gasteiger partial charge in [-0.05, 0) is 25.1 Å². The number of nitrogens with two attached hydrogens (primary N) is 1. The molecule has 2 aromatic rings. The monoisotopic (exact) mass is 251 g/mol. The van der Waals surface area contributed by atoms with Crippen LogP contribution in [0.3, 0.4) is 0 Å². The quantitative estimate of drug-likeness (QED) is 0.861. The molecular weight excluding hydrogens is 241 g/mol. The number of anilines is 1. The molecule has 0 amide bonds. The maximum atomic E-state index is 13.6. The van der Waals surface area contributed by atoms with Gasteiger partial charge in [0.1, 0.15) is 10.7 Å². The Labute approximate surface area is 101 Å². The Bertz CT molecular complexity index is 592. The van der Waals surface area contributed by atoms with Crippen LogP contribution in [0.2, 0.25) is 0 Å². The highest BCUT2D eigenvalue weighted by molar-refractivity contribution is 7.17. The van der Waals surface area contributed by atoms with Crippen LogP contribution in [0.15, 0.2) is 24.3 Å². The zero-order chi connectivity index (χ0) is 12.6. The number of carboxylic acid groups (broad SMARTS) is 1. The third-order valence-electron chi connectivity index (χ3n) is 2.34. The molecule has 0 saturated carbocycles. The van der Waals surface area contributed by atoms with Crippen molar-refractivity contribution in [3.05, 3.63) is 40.5 Å². The highest BCUT2D eigenvalue weighted by Crippen LogP contribution is 2.34. The largest absolute Gasteiger partial charge is 0.477 e. The minimum atomic E-state index is -1.09. The third-order valence-corrected chi connectivity index (χ3v) is 3.51. The predicted molar refractivity (Wildman–Crippen MR) is 65.8 cm³/mol. The molecule has 2 rings (SSSR count). The molecule has 0 spiro atoms. The number of halogens is 1. The van der Waals surface area contributed by atoms with Gasteiger partial charge >= 0.3 is 5.97 Å². The van der Waals surface area contributed by atoms with Gasteiger partial charge in [0, 0.05) is 10.4 Å². The Balaban J connectivity index is 2.57. The predicted octanol–water partition coefficient (Wildman–Crippen LogP) is 3.14.